The number of Topliss-reactive ketones (excluding diaryl/α,β-unsaturated/α-hetero) is 1. The maximum absolute atomic E-state index is 11.8. The maximum Gasteiger partial charge on any atom is 0.410 e. The summed E-state index contributed by atoms with van der Waals surface area (Å²) in [5.74, 6) is -0.000264. The molecular formula is C11H15N3O3. The van der Waals surface area contributed by atoms with Gasteiger partial charge in [-0.25, -0.2) is 4.79 Å². The Bertz CT molecular complexity index is 403. The van der Waals surface area contributed by atoms with Gasteiger partial charge < -0.3 is 10.3 Å². The van der Waals surface area contributed by atoms with E-state index in [4.69, 9.17) is 10.3 Å². The zero-order valence-corrected chi connectivity index (χ0v) is 9.87. The van der Waals surface area contributed by atoms with E-state index in [9.17, 15) is 9.59 Å². The zero-order chi connectivity index (χ0) is 12.6. The zero-order valence-electron chi connectivity index (χ0n) is 9.87. The van der Waals surface area contributed by atoms with Gasteiger partial charge in [0.25, 0.3) is 5.78 Å². The molecule has 0 aromatic heterocycles. The Labute approximate surface area is 99.2 Å². The molecule has 2 aliphatic rings. The van der Waals surface area contributed by atoms with E-state index >= 15 is 0 Å². The van der Waals surface area contributed by atoms with Crippen LogP contribution < -0.4 is 0 Å². The molecule has 0 unspecified atom stereocenters. The van der Waals surface area contributed by atoms with Crippen LogP contribution in [-0.2, 0) is 9.53 Å². The lowest BCUT2D eigenvalue weighted by Crippen LogP contribution is -2.56. The summed E-state index contributed by atoms with van der Waals surface area (Å²) in [6, 6.07) is -0.609. The number of nitrogens with zero attached hydrogens (tertiary/aromatic N) is 3. The molecule has 0 N–H and O–H groups in total. The second-order valence-corrected chi connectivity index (χ2v) is 4.83. The molecule has 2 fully saturated rings. The second-order valence-electron chi connectivity index (χ2n) is 4.83. The summed E-state index contributed by atoms with van der Waals surface area (Å²) in [5, 5.41) is 0. The third-order valence-corrected chi connectivity index (χ3v) is 3.66. The standard InChI is InChI=1S/C11H15N3O3/c1-6-3-7(2)10(9(15)4-13-12)14-8(6)5-17-11(14)16/h4,6-8,10H,3,5H2,1-2H3/t6-,7-,8+,10-/m1/s1. The summed E-state index contributed by atoms with van der Waals surface area (Å²) in [6.45, 7) is 4.32. The van der Waals surface area contributed by atoms with Gasteiger partial charge in [0.15, 0.2) is 0 Å². The number of cyclic esters (lactones) is 1. The van der Waals surface area contributed by atoms with E-state index in [0.717, 1.165) is 12.6 Å². The molecule has 0 saturated carbocycles. The molecule has 1 amide bonds. The van der Waals surface area contributed by atoms with E-state index in [2.05, 4.69) is 11.7 Å². The minimum Gasteiger partial charge on any atom is -0.447 e. The average molecular weight is 237 g/mol. The summed E-state index contributed by atoms with van der Waals surface area (Å²) in [6.07, 6.45) is 1.27. The molecule has 6 heteroatoms. The highest BCUT2D eigenvalue weighted by Gasteiger charge is 2.50. The van der Waals surface area contributed by atoms with E-state index < -0.39 is 12.1 Å². The van der Waals surface area contributed by atoms with Crippen molar-refractivity contribution in [3.63, 3.8) is 0 Å². The Morgan fingerprint density at radius 3 is 2.88 bits per heavy atom. The number of hydrogen-bond acceptors (Lipinski definition) is 3. The Balaban J connectivity index is 2.32. The van der Waals surface area contributed by atoms with Crippen LogP contribution in [0.3, 0.4) is 0 Å². The highest BCUT2D eigenvalue weighted by Crippen LogP contribution is 2.36. The van der Waals surface area contributed by atoms with Gasteiger partial charge in [0.05, 0.1) is 6.04 Å². The molecule has 0 aliphatic carbocycles. The predicted molar refractivity (Wildman–Crippen MR) is 58.4 cm³/mol. The van der Waals surface area contributed by atoms with Crippen LogP contribution in [0.4, 0.5) is 4.79 Å². The van der Waals surface area contributed by atoms with Crippen molar-refractivity contribution >= 4 is 18.1 Å². The number of ether oxygens (including phenoxy) is 1. The van der Waals surface area contributed by atoms with Crippen molar-refractivity contribution in [2.45, 2.75) is 32.4 Å². The summed E-state index contributed by atoms with van der Waals surface area (Å²) in [4.78, 5) is 27.8. The molecule has 2 rings (SSSR count). The minimum absolute atomic E-state index is 0.0393. The van der Waals surface area contributed by atoms with E-state index in [1.165, 1.54) is 4.90 Å². The van der Waals surface area contributed by atoms with Crippen LogP contribution in [-0.4, -0.2) is 46.5 Å². The summed E-state index contributed by atoms with van der Waals surface area (Å²) in [5.41, 5.74) is 8.43. The Kier molecular flexibility index (Phi) is 2.98. The lowest BCUT2D eigenvalue weighted by atomic mass is 9.79. The van der Waals surface area contributed by atoms with Gasteiger partial charge in [-0.2, -0.15) is 4.79 Å². The number of carbonyl (C=O) groups excluding carboxylic acids is 2. The number of piperidine rings is 1. The average Bonchev–Trinajstić information content (AvgIpc) is 2.62. The molecule has 0 aromatic carbocycles. The maximum atomic E-state index is 11.8. The van der Waals surface area contributed by atoms with Gasteiger partial charge >= 0.3 is 12.3 Å². The molecule has 2 heterocycles. The Hall–Kier alpha value is -1.68. The third kappa shape index (κ3) is 1.85. The fourth-order valence-corrected chi connectivity index (χ4v) is 2.90. The van der Waals surface area contributed by atoms with E-state index in [1.54, 1.807) is 0 Å². The largest absolute Gasteiger partial charge is 0.447 e. The molecule has 2 aliphatic heterocycles. The van der Waals surface area contributed by atoms with Crippen molar-refractivity contribution in [1.82, 2.24) is 4.90 Å². The smallest absolute Gasteiger partial charge is 0.410 e. The van der Waals surface area contributed by atoms with Crippen LogP contribution in [0.15, 0.2) is 0 Å². The summed E-state index contributed by atoms with van der Waals surface area (Å²) < 4.78 is 5.00. The van der Waals surface area contributed by atoms with E-state index in [0.29, 0.717) is 12.5 Å². The first-order chi connectivity index (χ1) is 8.06. The molecule has 0 bridgehead atoms. The lowest BCUT2D eigenvalue weighted by molar-refractivity contribution is -0.124. The van der Waals surface area contributed by atoms with Gasteiger partial charge in [-0.05, 0) is 18.3 Å². The molecule has 0 spiro atoms. The van der Waals surface area contributed by atoms with Crippen LogP contribution >= 0.6 is 0 Å². The number of carbonyl (C=O) groups is 2. The number of rotatable bonds is 2. The highest BCUT2D eigenvalue weighted by molar-refractivity contribution is 6.28. The first-order valence-corrected chi connectivity index (χ1v) is 5.72. The number of amides is 1. The first kappa shape index (κ1) is 11.8. The fourth-order valence-electron chi connectivity index (χ4n) is 2.90. The van der Waals surface area contributed by atoms with Crippen molar-refractivity contribution in [3.8, 4) is 0 Å². The van der Waals surface area contributed by atoms with Gasteiger partial charge in [0, 0.05) is 0 Å². The fraction of sp³-hybridized carbons (Fsp3) is 0.727. The van der Waals surface area contributed by atoms with Crippen molar-refractivity contribution in [2.75, 3.05) is 6.61 Å². The van der Waals surface area contributed by atoms with Crippen LogP contribution in [0.5, 0.6) is 0 Å². The second kappa shape index (κ2) is 4.30. The van der Waals surface area contributed by atoms with Crippen LogP contribution in [0, 0.1) is 11.8 Å². The van der Waals surface area contributed by atoms with E-state index in [-0.39, 0.29) is 17.7 Å². The van der Waals surface area contributed by atoms with Gasteiger partial charge in [-0.3, -0.25) is 9.69 Å². The van der Waals surface area contributed by atoms with E-state index in [1.807, 2.05) is 6.92 Å². The molecule has 6 nitrogen and oxygen atoms in total. The van der Waals surface area contributed by atoms with Crippen LogP contribution in [0.2, 0.25) is 0 Å². The predicted octanol–water partition coefficient (Wildman–Crippen LogP) is 0.721. The molecule has 17 heavy (non-hydrogen) atoms. The third-order valence-electron chi connectivity index (χ3n) is 3.66. The molecule has 0 aromatic rings. The molecular weight excluding hydrogens is 222 g/mol. The monoisotopic (exact) mass is 237 g/mol. The van der Waals surface area contributed by atoms with Crippen molar-refractivity contribution in [3.05, 3.63) is 5.53 Å². The SMILES string of the molecule is C[C@@H]1C[C@@H](C)[C@H](C(=O)C=[N+]=[N-])N2C(=O)OC[C@@H]12. The molecule has 92 valence electrons. The number of ketones is 1. The molecule has 2 saturated heterocycles. The first-order valence-electron chi connectivity index (χ1n) is 5.72. The summed E-state index contributed by atoms with van der Waals surface area (Å²) >= 11 is 0. The summed E-state index contributed by atoms with van der Waals surface area (Å²) in [7, 11) is 0. The van der Waals surface area contributed by atoms with Crippen molar-refractivity contribution < 1.29 is 19.1 Å². The molecule has 0 radical (unpaired) electrons. The van der Waals surface area contributed by atoms with Crippen molar-refractivity contribution in [1.29, 1.82) is 0 Å². The van der Waals surface area contributed by atoms with Gasteiger partial charge in [-0.15, -0.1) is 0 Å². The number of fused-ring (bicyclic) bond motifs is 1. The van der Waals surface area contributed by atoms with Crippen molar-refractivity contribution in [2.24, 2.45) is 11.8 Å². The van der Waals surface area contributed by atoms with Crippen LogP contribution in [0.1, 0.15) is 20.3 Å². The Morgan fingerprint density at radius 1 is 1.53 bits per heavy atom. The van der Waals surface area contributed by atoms with Crippen LogP contribution in [0.25, 0.3) is 5.53 Å². The van der Waals surface area contributed by atoms with Gasteiger partial charge in [0.1, 0.15) is 12.6 Å². The Morgan fingerprint density at radius 2 is 2.24 bits per heavy atom. The lowest BCUT2D eigenvalue weighted by Gasteiger charge is -2.41. The van der Waals surface area contributed by atoms with Gasteiger partial charge in [-0.1, -0.05) is 13.8 Å². The minimum atomic E-state index is -0.568. The van der Waals surface area contributed by atoms with Gasteiger partial charge in [0.2, 0.25) is 0 Å². The number of hydrogen-bond donors (Lipinski definition) is 0. The quantitative estimate of drug-likeness (QED) is 0.403. The highest BCUT2D eigenvalue weighted by atomic mass is 16.6. The molecule has 4 atom stereocenters. The normalized spacial score (nSPS) is 35.9. The topological polar surface area (TPSA) is 83.0 Å².